The highest BCUT2D eigenvalue weighted by Crippen LogP contribution is 2.06. The molecule has 0 radical (unpaired) electrons. The minimum atomic E-state index is -0.308. The summed E-state index contributed by atoms with van der Waals surface area (Å²) in [7, 11) is 0. The zero-order valence-electron chi connectivity index (χ0n) is 12.6. The largest absolute Gasteiger partial charge is 0.461 e. The molecule has 1 atom stereocenters. The summed E-state index contributed by atoms with van der Waals surface area (Å²) in [5, 5.41) is 0. The summed E-state index contributed by atoms with van der Waals surface area (Å²) in [5.74, 6) is -0.178. The zero-order chi connectivity index (χ0) is 14.6. The molecule has 0 aliphatic rings. The molecule has 1 aromatic carbocycles. The summed E-state index contributed by atoms with van der Waals surface area (Å²) < 4.78 is 5.28. The number of carbonyl (C=O) groups excluding carboxylic acids is 1. The van der Waals surface area contributed by atoms with E-state index in [2.05, 4.69) is 12.7 Å². The summed E-state index contributed by atoms with van der Waals surface area (Å²) >= 11 is 0. The average molecular weight is 278 g/mol. The van der Waals surface area contributed by atoms with Gasteiger partial charge in [-0.15, -0.1) is 0 Å². The Hall–Kier alpha value is -1.35. The molecule has 0 fully saturated rings. The first-order valence-electron chi connectivity index (χ1n) is 7.77. The summed E-state index contributed by atoms with van der Waals surface area (Å²) in [5.41, 5.74) is 5.03. The molecule has 112 valence electrons. The molecule has 1 aromatic rings. The highest BCUT2D eigenvalue weighted by atomic mass is 16.5. The quantitative estimate of drug-likeness (QED) is 0.528. The van der Waals surface area contributed by atoms with E-state index in [4.69, 9.17) is 4.74 Å². The molecule has 0 saturated carbocycles. The van der Waals surface area contributed by atoms with E-state index in [1.807, 2.05) is 30.3 Å². The summed E-state index contributed by atoms with van der Waals surface area (Å²) in [4.78, 5) is 11.8. The van der Waals surface area contributed by atoms with Crippen molar-refractivity contribution >= 4 is 5.97 Å². The van der Waals surface area contributed by atoms with E-state index in [-0.39, 0.29) is 12.0 Å². The molecule has 0 saturated heterocycles. The number of rotatable bonds is 10. The van der Waals surface area contributed by atoms with Crippen LogP contribution in [-0.2, 0) is 16.0 Å². The predicted molar refractivity (Wildman–Crippen MR) is 81.2 cm³/mol. The second kappa shape index (κ2) is 10.4. The molecule has 0 aliphatic heterocycles. The van der Waals surface area contributed by atoms with Crippen molar-refractivity contribution in [1.82, 2.24) is 0 Å². The number of hydrogen-bond acceptors (Lipinski definition) is 2. The van der Waals surface area contributed by atoms with Gasteiger partial charge in [-0.25, -0.2) is 4.79 Å². The third kappa shape index (κ3) is 7.29. The number of hydrogen-bond donors (Lipinski definition) is 1. The van der Waals surface area contributed by atoms with Crippen molar-refractivity contribution in [2.45, 2.75) is 57.9 Å². The van der Waals surface area contributed by atoms with Gasteiger partial charge < -0.3 is 10.5 Å². The molecule has 1 rings (SSSR count). The van der Waals surface area contributed by atoms with Crippen LogP contribution < -0.4 is 5.73 Å². The van der Waals surface area contributed by atoms with Crippen LogP contribution in [0, 0.1) is 0 Å². The minimum Gasteiger partial charge on any atom is -0.461 e. The zero-order valence-corrected chi connectivity index (χ0v) is 12.6. The number of carbonyl (C=O) groups is 1. The van der Waals surface area contributed by atoms with Gasteiger partial charge in [0.05, 0.1) is 6.61 Å². The monoisotopic (exact) mass is 278 g/mol. The van der Waals surface area contributed by atoms with Crippen LogP contribution in [0.4, 0.5) is 0 Å². The molecular weight excluding hydrogens is 250 g/mol. The van der Waals surface area contributed by atoms with Crippen molar-refractivity contribution in [3.05, 3.63) is 35.9 Å². The van der Waals surface area contributed by atoms with Gasteiger partial charge in [-0.05, 0) is 12.0 Å². The lowest BCUT2D eigenvalue weighted by atomic mass is 10.1. The Morgan fingerprint density at radius 2 is 1.75 bits per heavy atom. The molecule has 0 aromatic heterocycles. The maximum atomic E-state index is 11.8. The second-order valence-corrected chi connectivity index (χ2v) is 5.32. The Labute approximate surface area is 122 Å². The van der Waals surface area contributed by atoms with Crippen molar-refractivity contribution in [2.24, 2.45) is 0 Å². The Balaban J connectivity index is 2.10. The first-order chi connectivity index (χ1) is 9.74. The number of quaternary nitrogens is 1. The van der Waals surface area contributed by atoms with Crippen LogP contribution in [0.2, 0.25) is 0 Å². The molecule has 0 spiro atoms. The van der Waals surface area contributed by atoms with Gasteiger partial charge in [-0.3, -0.25) is 0 Å². The van der Waals surface area contributed by atoms with Gasteiger partial charge in [0.2, 0.25) is 0 Å². The molecule has 3 heteroatoms. The van der Waals surface area contributed by atoms with E-state index < -0.39 is 0 Å². The fourth-order valence-corrected chi connectivity index (χ4v) is 2.15. The van der Waals surface area contributed by atoms with Gasteiger partial charge in [0.1, 0.15) is 0 Å². The van der Waals surface area contributed by atoms with Crippen LogP contribution in [0.3, 0.4) is 0 Å². The van der Waals surface area contributed by atoms with Crippen LogP contribution >= 0.6 is 0 Å². The fraction of sp³-hybridized carbons (Fsp3) is 0.588. The summed E-state index contributed by atoms with van der Waals surface area (Å²) in [6.45, 7) is 2.74. The maximum absolute atomic E-state index is 11.8. The first-order valence-corrected chi connectivity index (χ1v) is 7.77. The second-order valence-electron chi connectivity index (χ2n) is 5.32. The number of esters is 1. The van der Waals surface area contributed by atoms with Crippen LogP contribution in [0.25, 0.3) is 0 Å². The van der Waals surface area contributed by atoms with Gasteiger partial charge in [0, 0.05) is 6.42 Å². The molecular formula is C17H28NO2+. The van der Waals surface area contributed by atoms with Gasteiger partial charge >= 0.3 is 5.97 Å². The smallest absolute Gasteiger partial charge is 0.365 e. The lowest BCUT2D eigenvalue weighted by molar-refractivity contribution is -0.407. The summed E-state index contributed by atoms with van der Waals surface area (Å²) in [6.07, 6.45) is 7.85. The van der Waals surface area contributed by atoms with E-state index in [9.17, 15) is 4.79 Å². The van der Waals surface area contributed by atoms with Crippen molar-refractivity contribution in [3.8, 4) is 0 Å². The minimum absolute atomic E-state index is 0.178. The van der Waals surface area contributed by atoms with Gasteiger partial charge in [0.15, 0.2) is 6.04 Å². The third-order valence-corrected chi connectivity index (χ3v) is 3.40. The van der Waals surface area contributed by atoms with E-state index in [0.29, 0.717) is 13.0 Å². The molecule has 0 heterocycles. The Morgan fingerprint density at radius 1 is 1.10 bits per heavy atom. The van der Waals surface area contributed by atoms with Crippen LogP contribution in [0.15, 0.2) is 30.3 Å². The van der Waals surface area contributed by atoms with E-state index in [0.717, 1.165) is 18.4 Å². The highest BCUT2D eigenvalue weighted by Gasteiger charge is 2.18. The highest BCUT2D eigenvalue weighted by molar-refractivity contribution is 5.74. The van der Waals surface area contributed by atoms with E-state index in [1.54, 1.807) is 0 Å². The molecule has 3 N–H and O–H groups in total. The van der Waals surface area contributed by atoms with Crippen LogP contribution in [-0.4, -0.2) is 18.6 Å². The Bertz CT molecular complexity index is 365. The van der Waals surface area contributed by atoms with Gasteiger partial charge in [-0.1, -0.05) is 69.4 Å². The fourth-order valence-electron chi connectivity index (χ4n) is 2.15. The van der Waals surface area contributed by atoms with Crippen molar-refractivity contribution in [3.63, 3.8) is 0 Å². The Morgan fingerprint density at radius 3 is 2.45 bits per heavy atom. The first kappa shape index (κ1) is 16.7. The third-order valence-electron chi connectivity index (χ3n) is 3.40. The molecule has 0 bridgehead atoms. The van der Waals surface area contributed by atoms with Gasteiger partial charge in [-0.2, -0.15) is 0 Å². The lowest BCUT2D eigenvalue weighted by Gasteiger charge is -2.09. The van der Waals surface area contributed by atoms with E-state index >= 15 is 0 Å². The topological polar surface area (TPSA) is 53.9 Å². The number of benzene rings is 1. The van der Waals surface area contributed by atoms with E-state index in [1.165, 1.54) is 25.7 Å². The molecule has 3 nitrogen and oxygen atoms in total. The molecule has 20 heavy (non-hydrogen) atoms. The van der Waals surface area contributed by atoms with Gasteiger partial charge in [0.25, 0.3) is 0 Å². The van der Waals surface area contributed by atoms with Crippen molar-refractivity contribution in [1.29, 1.82) is 0 Å². The summed E-state index contributed by atoms with van der Waals surface area (Å²) in [6, 6.07) is 9.64. The predicted octanol–water partition coefficient (Wildman–Crippen LogP) is 2.74. The molecule has 0 amide bonds. The SMILES string of the molecule is CCCCCCCCOC(=O)[C@H]([NH3+])Cc1ccccc1. The normalized spacial score (nSPS) is 12.1. The van der Waals surface area contributed by atoms with Crippen LogP contribution in [0.5, 0.6) is 0 Å². The lowest BCUT2D eigenvalue weighted by Crippen LogP contribution is -2.66. The number of unbranched alkanes of at least 4 members (excludes halogenated alkanes) is 5. The Kier molecular flexibility index (Phi) is 8.72. The van der Waals surface area contributed by atoms with Crippen LogP contribution in [0.1, 0.15) is 51.0 Å². The average Bonchev–Trinajstić information content (AvgIpc) is 2.47. The molecule has 0 unspecified atom stereocenters. The van der Waals surface area contributed by atoms with Crippen molar-refractivity contribution in [2.75, 3.05) is 6.61 Å². The standard InChI is InChI=1S/C17H27NO2/c1-2-3-4-5-6-10-13-20-17(19)16(18)14-15-11-8-7-9-12-15/h7-9,11-12,16H,2-6,10,13-14,18H2,1H3/p+1/t16-/m1/s1. The van der Waals surface area contributed by atoms with Crippen molar-refractivity contribution < 1.29 is 15.3 Å². The number of ether oxygens (including phenoxy) is 1. The molecule has 0 aliphatic carbocycles. The maximum Gasteiger partial charge on any atom is 0.365 e.